The molecule has 114 valence electrons. The molecule has 0 unspecified atom stereocenters. The molecule has 0 saturated carbocycles. The fourth-order valence-corrected chi connectivity index (χ4v) is 3.78. The summed E-state index contributed by atoms with van der Waals surface area (Å²) in [5.74, 6) is 0. The number of aliphatic hydroxyl groups is 1. The Balaban J connectivity index is 2.17. The van der Waals surface area contributed by atoms with Gasteiger partial charge in [0.2, 0.25) is 0 Å². The average Bonchev–Trinajstić information content (AvgIpc) is 2.83. The van der Waals surface area contributed by atoms with Crippen LogP contribution in [0.1, 0.15) is 44.7 Å². The molecule has 1 N–H and O–H groups in total. The van der Waals surface area contributed by atoms with E-state index in [9.17, 15) is 5.11 Å². The molecule has 2 heterocycles. The summed E-state index contributed by atoms with van der Waals surface area (Å²) in [6.07, 6.45) is 2.01. The molecule has 20 heavy (non-hydrogen) atoms. The monoisotopic (exact) mass is 297 g/mol. The van der Waals surface area contributed by atoms with Crippen LogP contribution in [-0.4, -0.2) is 47.7 Å². The largest absolute Gasteiger partial charge is 0.385 e. The Morgan fingerprint density at radius 2 is 1.85 bits per heavy atom. The SMILES string of the molecule is CCCc1nc(N2CCN(CC)CC2)sc1C(C)(C)O. The second-order valence-electron chi connectivity index (χ2n) is 6.00. The molecule has 0 radical (unpaired) electrons. The van der Waals surface area contributed by atoms with Crippen molar-refractivity contribution in [3.63, 3.8) is 0 Å². The van der Waals surface area contributed by atoms with Gasteiger partial charge in [-0.2, -0.15) is 0 Å². The first-order chi connectivity index (χ1) is 9.45. The maximum atomic E-state index is 10.3. The molecule has 0 atom stereocenters. The van der Waals surface area contributed by atoms with Gasteiger partial charge in [-0.3, -0.25) is 0 Å². The predicted molar refractivity (Wildman–Crippen MR) is 85.7 cm³/mol. The number of nitrogens with zero attached hydrogens (tertiary/aromatic N) is 3. The Hall–Kier alpha value is -0.650. The number of hydrogen-bond acceptors (Lipinski definition) is 5. The van der Waals surface area contributed by atoms with E-state index < -0.39 is 5.60 Å². The van der Waals surface area contributed by atoms with Gasteiger partial charge >= 0.3 is 0 Å². The summed E-state index contributed by atoms with van der Waals surface area (Å²) < 4.78 is 0. The van der Waals surface area contributed by atoms with Gasteiger partial charge in [0, 0.05) is 26.2 Å². The summed E-state index contributed by atoms with van der Waals surface area (Å²) in [5, 5.41) is 11.4. The molecule has 0 amide bonds. The van der Waals surface area contributed by atoms with Crippen molar-refractivity contribution in [3.8, 4) is 0 Å². The summed E-state index contributed by atoms with van der Waals surface area (Å²) in [7, 11) is 0. The van der Waals surface area contributed by atoms with Gasteiger partial charge in [-0.1, -0.05) is 31.6 Å². The topological polar surface area (TPSA) is 39.6 Å². The van der Waals surface area contributed by atoms with Crippen LogP contribution in [0.2, 0.25) is 0 Å². The fourth-order valence-electron chi connectivity index (χ4n) is 2.61. The molecule has 4 nitrogen and oxygen atoms in total. The Kier molecular flexibility index (Phi) is 5.04. The quantitative estimate of drug-likeness (QED) is 0.906. The lowest BCUT2D eigenvalue weighted by molar-refractivity contribution is 0.0813. The van der Waals surface area contributed by atoms with Gasteiger partial charge in [-0.25, -0.2) is 4.98 Å². The minimum Gasteiger partial charge on any atom is -0.385 e. The molecule has 0 aliphatic carbocycles. The van der Waals surface area contributed by atoms with E-state index in [1.165, 1.54) is 0 Å². The highest BCUT2D eigenvalue weighted by atomic mass is 32.1. The van der Waals surface area contributed by atoms with Crippen LogP contribution < -0.4 is 4.90 Å². The first-order valence-corrected chi connectivity index (χ1v) is 8.47. The fraction of sp³-hybridized carbons (Fsp3) is 0.800. The van der Waals surface area contributed by atoms with Crippen LogP contribution in [0.5, 0.6) is 0 Å². The molecule has 1 saturated heterocycles. The van der Waals surface area contributed by atoms with E-state index in [4.69, 9.17) is 4.98 Å². The molecule has 1 aromatic heterocycles. The Bertz CT molecular complexity index is 431. The van der Waals surface area contributed by atoms with Crippen LogP contribution in [0.15, 0.2) is 0 Å². The smallest absolute Gasteiger partial charge is 0.185 e. The zero-order valence-corrected chi connectivity index (χ0v) is 14.0. The summed E-state index contributed by atoms with van der Waals surface area (Å²) in [6.45, 7) is 13.5. The lowest BCUT2D eigenvalue weighted by Crippen LogP contribution is -2.46. The number of rotatable bonds is 5. The van der Waals surface area contributed by atoms with Crippen LogP contribution in [0.4, 0.5) is 5.13 Å². The van der Waals surface area contributed by atoms with Gasteiger partial charge in [-0.05, 0) is 26.8 Å². The third-order valence-electron chi connectivity index (χ3n) is 3.82. The third kappa shape index (κ3) is 3.51. The van der Waals surface area contributed by atoms with Gasteiger partial charge in [0.15, 0.2) is 5.13 Å². The van der Waals surface area contributed by atoms with E-state index in [-0.39, 0.29) is 0 Å². The number of hydrogen-bond donors (Lipinski definition) is 1. The van der Waals surface area contributed by atoms with Crippen LogP contribution in [0.3, 0.4) is 0 Å². The molecule has 1 fully saturated rings. The van der Waals surface area contributed by atoms with Crippen molar-refractivity contribution in [1.29, 1.82) is 0 Å². The van der Waals surface area contributed by atoms with Crippen molar-refractivity contribution in [2.75, 3.05) is 37.6 Å². The van der Waals surface area contributed by atoms with E-state index in [1.807, 2.05) is 13.8 Å². The molecular formula is C15H27N3OS. The second kappa shape index (κ2) is 6.41. The van der Waals surface area contributed by atoms with Gasteiger partial charge in [0.05, 0.1) is 16.2 Å². The normalized spacial score (nSPS) is 17.8. The van der Waals surface area contributed by atoms with E-state index in [1.54, 1.807) is 11.3 Å². The lowest BCUT2D eigenvalue weighted by Gasteiger charge is -2.33. The van der Waals surface area contributed by atoms with Gasteiger partial charge < -0.3 is 14.9 Å². The lowest BCUT2D eigenvalue weighted by atomic mass is 10.0. The number of likely N-dealkylation sites (N-methyl/N-ethyl adjacent to an activating group) is 1. The summed E-state index contributed by atoms with van der Waals surface area (Å²) in [5.41, 5.74) is 0.295. The highest BCUT2D eigenvalue weighted by Crippen LogP contribution is 2.35. The molecule has 1 aliphatic heterocycles. The van der Waals surface area contributed by atoms with E-state index >= 15 is 0 Å². The summed E-state index contributed by atoms with van der Waals surface area (Å²) in [4.78, 5) is 10.7. The van der Waals surface area contributed by atoms with Crippen molar-refractivity contribution < 1.29 is 5.11 Å². The maximum absolute atomic E-state index is 10.3. The van der Waals surface area contributed by atoms with Crippen LogP contribution in [0.25, 0.3) is 0 Å². The molecular weight excluding hydrogens is 270 g/mol. The van der Waals surface area contributed by atoms with E-state index in [2.05, 4.69) is 23.6 Å². The highest BCUT2D eigenvalue weighted by molar-refractivity contribution is 7.15. The number of aryl methyl sites for hydroxylation is 1. The minimum atomic E-state index is -0.786. The Labute approximate surface area is 126 Å². The zero-order chi connectivity index (χ0) is 14.8. The van der Waals surface area contributed by atoms with Crippen LogP contribution in [-0.2, 0) is 12.0 Å². The number of thiazole rings is 1. The molecule has 0 spiro atoms. The molecule has 1 aromatic rings. The third-order valence-corrected chi connectivity index (χ3v) is 5.29. The van der Waals surface area contributed by atoms with Gasteiger partial charge in [0.1, 0.15) is 0 Å². The van der Waals surface area contributed by atoms with E-state index in [0.29, 0.717) is 0 Å². The van der Waals surface area contributed by atoms with Crippen LogP contribution in [0, 0.1) is 0 Å². The maximum Gasteiger partial charge on any atom is 0.185 e. The number of anilines is 1. The number of piperazine rings is 1. The number of aromatic nitrogens is 1. The molecule has 1 aliphatic rings. The zero-order valence-electron chi connectivity index (χ0n) is 13.1. The van der Waals surface area contributed by atoms with Crippen molar-refractivity contribution >= 4 is 16.5 Å². The first-order valence-electron chi connectivity index (χ1n) is 7.65. The average molecular weight is 297 g/mol. The molecule has 2 rings (SSSR count). The molecule has 0 aromatic carbocycles. The molecule has 0 bridgehead atoms. The van der Waals surface area contributed by atoms with Crippen molar-refractivity contribution in [1.82, 2.24) is 9.88 Å². The van der Waals surface area contributed by atoms with Gasteiger partial charge in [-0.15, -0.1) is 0 Å². The summed E-state index contributed by atoms with van der Waals surface area (Å²) >= 11 is 1.67. The first kappa shape index (κ1) is 15.7. The Morgan fingerprint density at radius 1 is 1.20 bits per heavy atom. The van der Waals surface area contributed by atoms with Crippen LogP contribution >= 0.6 is 11.3 Å². The van der Waals surface area contributed by atoms with Crippen molar-refractivity contribution in [3.05, 3.63) is 10.6 Å². The second-order valence-corrected chi connectivity index (χ2v) is 6.98. The summed E-state index contributed by atoms with van der Waals surface area (Å²) in [6, 6.07) is 0. The standard InChI is InChI=1S/C15H27N3OS/c1-5-7-12-13(15(3,4)19)20-14(16-12)18-10-8-17(6-2)9-11-18/h19H,5-11H2,1-4H3. The minimum absolute atomic E-state index is 0.786. The molecule has 5 heteroatoms. The van der Waals surface area contributed by atoms with Crippen molar-refractivity contribution in [2.45, 2.75) is 46.1 Å². The van der Waals surface area contributed by atoms with Gasteiger partial charge in [0.25, 0.3) is 0 Å². The Morgan fingerprint density at radius 3 is 2.35 bits per heavy atom. The predicted octanol–water partition coefficient (Wildman–Crippen LogP) is 2.46. The van der Waals surface area contributed by atoms with E-state index in [0.717, 1.165) is 61.3 Å². The highest BCUT2D eigenvalue weighted by Gasteiger charge is 2.27. The van der Waals surface area contributed by atoms with Crippen molar-refractivity contribution in [2.24, 2.45) is 0 Å².